The Morgan fingerprint density at radius 3 is 1.85 bits per heavy atom. The normalized spacial score (nSPS) is 14.1. The summed E-state index contributed by atoms with van der Waals surface area (Å²) >= 11 is 0. The molecule has 0 bridgehead atoms. The Balaban J connectivity index is 0.00000408. The zero-order valence-corrected chi connectivity index (χ0v) is 25.4. The summed E-state index contributed by atoms with van der Waals surface area (Å²) in [4.78, 5) is 27.0. The first-order chi connectivity index (χ1) is 15.6. The summed E-state index contributed by atoms with van der Waals surface area (Å²) in [6.45, 7) is 12.3. The first-order valence-electron chi connectivity index (χ1n) is 11.8. The molecule has 0 unspecified atom stereocenters. The molecule has 0 atom stereocenters. The van der Waals surface area contributed by atoms with Crippen LogP contribution in [0.2, 0.25) is 0 Å². The predicted octanol–water partition coefficient (Wildman–Crippen LogP) is 6.09. The van der Waals surface area contributed by atoms with Crippen molar-refractivity contribution in [3.63, 3.8) is 0 Å². The van der Waals surface area contributed by atoms with Crippen molar-refractivity contribution in [1.82, 2.24) is 0 Å². The van der Waals surface area contributed by atoms with Crippen LogP contribution in [0.1, 0.15) is 48.9 Å². The molecule has 1 fully saturated rings. The van der Waals surface area contributed by atoms with E-state index in [2.05, 4.69) is 24.5 Å². The van der Waals surface area contributed by atoms with Crippen LogP contribution in [-0.4, -0.2) is 42.6 Å². The maximum Gasteiger partial charge on any atom is 0.268 e. The second-order valence-corrected chi connectivity index (χ2v) is 14.1. The number of para-hydroxylation sites is 1. The van der Waals surface area contributed by atoms with Gasteiger partial charge in [0.15, 0.2) is 5.16 Å². The van der Waals surface area contributed by atoms with E-state index < -0.39 is 12.4 Å². The number of hydrogen-bond donors (Lipinski definition) is 2. The molecule has 7 heteroatoms. The average molecular weight is 558 g/mol. The van der Waals surface area contributed by atoms with Gasteiger partial charge in [-0.1, -0.05) is 18.2 Å². The smallest absolute Gasteiger partial charge is 0.268 e. The topological polar surface area (TPSA) is 67.4 Å². The van der Waals surface area contributed by atoms with Crippen LogP contribution in [0.3, 0.4) is 0 Å². The number of ether oxygens (including phenoxy) is 1. The van der Waals surface area contributed by atoms with E-state index in [1.807, 2.05) is 58.0 Å². The molecule has 34 heavy (non-hydrogen) atoms. The Morgan fingerprint density at radius 2 is 1.41 bits per heavy atom. The molecule has 0 heterocycles. The van der Waals surface area contributed by atoms with Gasteiger partial charge in [-0.2, -0.15) is 0 Å². The molecule has 1 saturated carbocycles. The molecule has 0 aromatic heterocycles. The number of benzene rings is 2. The number of methoxy groups -OCH3 is 1. The number of anilines is 2. The molecule has 2 N–H and O–H groups in total. The summed E-state index contributed by atoms with van der Waals surface area (Å²) in [7, 11) is -0.211. The van der Waals surface area contributed by atoms with Crippen molar-refractivity contribution in [3.05, 3.63) is 52.6 Å². The van der Waals surface area contributed by atoms with Crippen LogP contribution in [-0.2, 0) is 42.3 Å². The van der Waals surface area contributed by atoms with Crippen molar-refractivity contribution in [3.8, 4) is 5.75 Å². The molecule has 2 amide bonds. The van der Waals surface area contributed by atoms with Crippen LogP contribution in [0.15, 0.2) is 30.3 Å². The molecule has 0 saturated heterocycles. The maximum absolute atomic E-state index is 13.7. The molecular weight excluding hydrogens is 520 g/mol. The first-order valence-corrected chi connectivity index (χ1v) is 14.2. The van der Waals surface area contributed by atoms with Crippen LogP contribution in [0.5, 0.6) is 5.75 Å². The van der Waals surface area contributed by atoms with Gasteiger partial charge in [-0.05, 0) is 75.9 Å². The maximum atomic E-state index is 13.7. The van der Waals surface area contributed by atoms with Crippen molar-refractivity contribution in [1.29, 1.82) is 0 Å². The van der Waals surface area contributed by atoms with Crippen LogP contribution in [0.4, 0.5) is 11.4 Å². The van der Waals surface area contributed by atoms with Crippen molar-refractivity contribution in [2.45, 2.75) is 59.5 Å². The van der Waals surface area contributed by atoms with Gasteiger partial charge in [-0.15, -0.1) is 0 Å². The van der Waals surface area contributed by atoms with E-state index in [4.69, 9.17) is 4.74 Å². The molecule has 1 radical (unpaired) electrons. The van der Waals surface area contributed by atoms with Crippen LogP contribution < -0.4 is 15.4 Å². The fourth-order valence-electron chi connectivity index (χ4n) is 5.17. The Bertz CT molecular complexity index is 1020. The third-order valence-corrected chi connectivity index (χ3v) is 13.2. The van der Waals surface area contributed by atoms with E-state index in [-0.39, 0.29) is 44.5 Å². The van der Waals surface area contributed by atoms with Gasteiger partial charge in [-0.25, -0.2) is 0 Å². The Morgan fingerprint density at radius 1 is 0.912 bits per heavy atom. The zero-order valence-electron chi connectivity index (χ0n) is 21.7. The van der Waals surface area contributed by atoms with Gasteiger partial charge in [0.25, 0.3) is 11.8 Å². The van der Waals surface area contributed by atoms with Crippen molar-refractivity contribution in [2.24, 2.45) is 0 Å². The second kappa shape index (κ2) is 11.6. The molecule has 181 valence electrons. The SMILES string of the molecule is CC[P+](CC)(CC(=O)Nc1c(C)cccc1C)C1(C(=O)Nc2c(C)cc(OC)cc2C)CC1.[Y]. The van der Waals surface area contributed by atoms with Crippen molar-refractivity contribution in [2.75, 3.05) is 36.2 Å². The van der Waals surface area contributed by atoms with Crippen LogP contribution in [0, 0.1) is 27.7 Å². The minimum atomic E-state index is -1.86. The number of nitrogens with one attached hydrogen (secondary N) is 2. The fourth-order valence-corrected chi connectivity index (χ4v) is 9.76. The zero-order chi connectivity index (χ0) is 24.4. The van der Waals surface area contributed by atoms with Gasteiger partial charge in [0.1, 0.15) is 11.9 Å². The van der Waals surface area contributed by atoms with E-state index in [1.165, 1.54) is 0 Å². The Labute approximate surface area is 230 Å². The fraction of sp³-hybridized carbons (Fsp3) is 0.481. The number of aryl methyl sites for hydroxylation is 4. The first kappa shape index (κ1) is 28.9. The molecule has 0 aliphatic heterocycles. The molecule has 0 spiro atoms. The number of hydrogen-bond acceptors (Lipinski definition) is 3. The number of carbonyl (C=O) groups is 2. The Kier molecular flexibility index (Phi) is 9.90. The predicted molar refractivity (Wildman–Crippen MR) is 140 cm³/mol. The molecule has 1 aliphatic rings. The molecule has 2 aromatic rings. The van der Waals surface area contributed by atoms with Gasteiger partial charge < -0.3 is 15.4 Å². The van der Waals surface area contributed by atoms with Gasteiger partial charge in [0.05, 0.1) is 19.4 Å². The average Bonchev–Trinajstić information content (AvgIpc) is 3.59. The quantitative estimate of drug-likeness (QED) is 0.366. The van der Waals surface area contributed by atoms with E-state index in [0.717, 1.165) is 64.5 Å². The van der Waals surface area contributed by atoms with Crippen molar-refractivity contribution < 1.29 is 47.0 Å². The summed E-state index contributed by atoms with van der Waals surface area (Å²) in [5.74, 6) is 0.896. The summed E-state index contributed by atoms with van der Waals surface area (Å²) < 4.78 is 5.36. The standard InChI is InChI=1S/C27H37N2O3P.Y/c1-8-33(9-2,17-23(30)28-24-18(3)11-10-12-19(24)4)27(13-14-27)26(31)29-25-20(5)15-22(32-7)16-21(25)6;/h10-12,15-16H,8-9,13-14,17H2,1-7H3,(H-,28,29,30,31);/p+1. The van der Waals surface area contributed by atoms with Gasteiger partial charge in [0.2, 0.25) is 0 Å². The summed E-state index contributed by atoms with van der Waals surface area (Å²) in [6.07, 6.45) is 3.94. The second-order valence-electron chi connectivity index (χ2n) is 9.37. The van der Waals surface area contributed by atoms with E-state index in [1.54, 1.807) is 7.11 Å². The minimum absolute atomic E-state index is 0. The molecule has 2 aromatic carbocycles. The summed E-state index contributed by atoms with van der Waals surface area (Å²) in [5, 5.41) is 6.00. The number of rotatable bonds is 9. The number of carbonyl (C=O) groups excluding carboxylic acids is 2. The van der Waals surface area contributed by atoms with Crippen LogP contribution in [0.25, 0.3) is 0 Å². The van der Waals surface area contributed by atoms with E-state index in [0.29, 0.717) is 6.16 Å². The molecule has 1 aliphatic carbocycles. The minimum Gasteiger partial charge on any atom is -0.497 e. The monoisotopic (exact) mass is 558 g/mol. The summed E-state index contributed by atoms with van der Waals surface area (Å²) in [6, 6.07) is 9.92. The number of amides is 2. The van der Waals surface area contributed by atoms with Gasteiger partial charge in [-0.3, -0.25) is 9.59 Å². The van der Waals surface area contributed by atoms with Crippen LogP contribution >= 0.6 is 7.26 Å². The third kappa shape index (κ3) is 5.58. The van der Waals surface area contributed by atoms with Crippen molar-refractivity contribution >= 4 is 30.5 Å². The van der Waals surface area contributed by atoms with E-state index in [9.17, 15) is 9.59 Å². The summed E-state index contributed by atoms with van der Waals surface area (Å²) in [5.41, 5.74) is 5.85. The molecular formula is C27H38N2O3PY+. The Hall–Kier alpha value is -1.29. The van der Waals surface area contributed by atoms with E-state index >= 15 is 0 Å². The molecule has 3 rings (SSSR count). The molecule has 5 nitrogen and oxygen atoms in total. The van der Waals surface area contributed by atoms with Gasteiger partial charge in [0, 0.05) is 64.2 Å². The third-order valence-electron chi connectivity index (χ3n) is 7.44. The largest absolute Gasteiger partial charge is 0.497 e. The van der Waals surface area contributed by atoms with Gasteiger partial charge >= 0.3 is 0 Å².